The lowest BCUT2D eigenvalue weighted by atomic mass is 10.1. The molecule has 0 bridgehead atoms. The van der Waals surface area contributed by atoms with E-state index in [-0.39, 0.29) is 11.2 Å². The number of benzene rings is 1. The van der Waals surface area contributed by atoms with E-state index >= 15 is 0 Å². The monoisotopic (exact) mass is 437 g/mol. The molecule has 0 spiro atoms. The smallest absolute Gasteiger partial charge is 0.256 e. The second kappa shape index (κ2) is 7.68. The van der Waals surface area contributed by atoms with E-state index in [9.17, 15) is 17.6 Å². The highest BCUT2D eigenvalue weighted by Gasteiger charge is 2.32. The van der Waals surface area contributed by atoms with Crippen molar-refractivity contribution in [2.24, 2.45) is 0 Å². The van der Waals surface area contributed by atoms with Crippen molar-refractivity contribution in [3.8, 4) is 0 Å². The van der Waals surface area contributed by atoms with Gasteiger partial charge in [0.05, 0.1) is 16.6 Å². The second-order valence-electron chi connectivity index (χ2n) is 7.65. The summed E-state index contributed by atoms with van der Waals surface area (Å²) in [5, 5.41) is 3.13. The number of sulfonamides is 1. The molecule has 0 radical (unpaired) electrons. The first kappa shape index (κ1) is 20.3. The van der Waals surface area contributed by atoms with Crippen LogP contribution in [0.4, 0.5) is 21.5 Å². The summed E-state index contributed by atoms with van der Waals surface area (Å²) in [7, 11) is -3.61. The molecule has 2 heterocycles. The van der Waals surface area contributed by atoms with Crippen LogP contribution in [-0.4, -0.2) is 24.0 Å². The summed E-state index contributed by atoms with van der Waals surface area (Å²) < 4.78 is 44.8. The van der Waals surface area contributed by atoms with Gasteiger partial charge in [0.15, 0.2) is 0 Å². The molecule has 4 rings (SSSR count). The zero-order chi connectivity index (χ0) is 20.8. The van der Waals surface area contributed by atoms with Gasteiger partial charge in [-0.25, -0.2) is 12.8 Å². The Morgan fingerprint density at radius 3 is 2.59 bits per heavy atom. The van der Waals surface area contributed by atoms with Crippen LogP contribution in [0.2, 0.25) is 0 Å². The van der Waals surface area contributed by atoms with E-state index in [2.05, 4.69) is 10.0 Å². The van der Waals surface area contributed by atoms with Gasteiger partial charge in [0.2, 0.25) is 10.0 Å². The van der Waals surface area contributed by atoms with Crippen LogP contribution in [0.25, 0.3) is 0 Å². The van der Waals surface area contributed by atoms with Gasteiger partial charge in [0.25, 0.3) is 5.56 Å². The number of thioether (sulfide) groups is 1. The number of pyridine rings is 1. The topological polar surface area (TPSA) is 80.2 Å². The molecule has 2 aromatic rings. The lowest BCUT2D eigenvalue weighted by Gasteiger charge is -2.22. The second-order valence-corrected chi connectivity index (χ2v) is 10.7. The first-order valence-electron chi connectivity index (χ1n) is 9.73. The van der Waals surface area contributed by atoms with Crippen molar-refractivity contribution in [3.05, 3.63) is 45.5 Å². The molecule has 1 aromatic carbocycles. The maximum Gasteiger partial charge on any atom is 0.256 e. The van der Waals surface area contributed by atoms with Crippen molar-refractivity contribution < 1.29 is 12.8 Å². The third-order valence-electron chi connectivity index (χ3n) is 5.57. The van der Waals surface area contributed by atoms with Crippen molar-refractivity contribution in [1.82, 2.24) is 4.57 Å². The van der Waals surface area contributed by atoms with E-state index in [0.29, 0.717) is 47.1 Å². The lowest BCUT2D eigenvalue weighted by molar-refractivity contribution is 0.584. The van der Waals surface area contributed by atoms with Gasteiger partial charge in [-0.05, 0) is 44.4 Å². The predicted molar refractivity (Wildman–Crippen MR) is 115 cm³/mol. The fourth-order valence-electron chi connectivity index (χ4n) is 3.95. The van der Waals surface area contributed by atoms with Gasteiger partial charge in [0.1, 0.15) is 16.5 Å². The molecule has 2 N–H and O–H groups in total. The molecule has 2 aliphatic rings. The quantitative estimate of drug-likeness (QED) is 0.735. The number of hydrogen-bond donors (Lipinski definition) is 2. The van der Waals surface area contributed by atoms with E-state index in [1.807, 2.05) is 0 Å². The van der Waals surface area contributed by atoms with Crippen LogP contribution >= 0.6 is 11.8 Å². The Balaban J connectivity index is 1.83. The number of aryl methyl sites for hydroxylation is 1. The zero-order valence-electron chi connectivity index (χ0n) is 16.4. The normalized spacial score (nSPS) is 16.8. The van der Waals surface area contributed by atoms with Crippen LogP contribution < -0.4 is 15.6 Å². The highest BCUT2D eigenvalue weighted by molar-refractivity contribution is 7.99. The molecular formula is C20H24FN3O3S2. The summed E-state index contributed by atoms with van der Waals surface area (Å²) in [4.78, 5) is 12.8. The summed E-state index contributed by atoms with van der Waals surface area (Å²) in [6, 6.07) is 4.75. The number of halogens is 1. The third kappa shape index (κ3) is 3.77. The Morgan fingerprint density at radius 1 is 1.17 bits per heavy atom. The third-order valence-corrected chi connectivity index (χ3v) is 8.50. The predicted octanol–water partition coefficient (Wildman–Crippen LogP) is 4.14. The molecule has 1 aliphatic heterocycles. The molecule has 1 aromatic heterocycles. The molecule has 1 fully saturated rings. The molecule has 6 nitrogen and oxygen atoms in total. The van der Waals surface area contributed by atoms with Crippen molar-refractivity contribution in [3.63, 3.8) is 0 Å². The Morgan fingerprint density at radius 2 is 1.90 bits per heavy atom. The van der Waals surface area contributed by atoms with Gasteiger partial charge in [-0.3, -0.25) is 9.52 Å². The van der Waals surface area contributed by atoms with Crippen molar-refractivity contribution in [2.45, 2.75) is 56.4 Å². The zero-order valence-corrected chi connectivity index (χ0v) is 18.1. The highest BCUT2D eigenvalue weighted by Crippen LogP contribution is 2.41. The Hall–Kier alpha value is -2.00. The van der Waals surface area contributed by atoms with Crippen LogP contribution in [-0.2, 0) is 16.6 Å². The fraction of sp³-hybridized carbons (Fsp3) is 0.450. The standard InChI is InChI=1S/C20H24FN3O3S2/c1-12-7-8-16(15(21)11-12)22-17-13(2)19(25)24-9-10-28-20(24)18(17)23-29(26,27)14-5-3-4-6-14/h7-8,11,14,22-23H,3-6,9-10H2,1-2H3. The van der Waals surface area contributed by atoms with Crippen molar-refractivity contribution in [2.75, 3.05) is 15.8 Å². The van der Waals surface area contributed by atoms with E-state index in [0.717, 1.165) is 18.4 Å². The number of nitrogens with one attached hydrogen (secondary N) is 2. The van der Waals surface area contributed by atoms with Crippen LogP contribution in [0.3, 0.4) is 0 Å². The molecule has 156 valence electrons. The summed E-state index contributed by atoms with van der Waals surface area (Å²) in [5.74, 6) is 0.233. The van der Waals surface area contributed by atoms with Crippen molar-refractivity contribution in [1.29, 1.82) is 0 Å². The first-order chi connectivity index (χ1) is 13.8. The average Bonchev–Trinajstić information content (AvgIpc) is 3.36. The van der Waals surface area contributed by atoms with Gasteiger partial charge < -0.3 is 9.88 Å². The van der Waals surface area contributed by atoms with Crippen LogP contribution in [0, 0.1) is 19.7 Å². The molecule has 0 atom stereocenters. The lowest BCUT2D eigenvalue weighted by Crippen LogP contribution is -2.29. The summed E-state index contributed by atoms with van der Waals surface area (Å²) >= 11 is 1.43. The van der Waals surface area contributed by atoms with Gasteiger partial charge in [-0.1, -0.05) is 18.9 Å². The van der Waals surface area contributed by atoms with E-state index in [4.69, 9.17) is 0 Å². The molecule has 1 saturated carbocycles. The first-order valence-corrected chi connectivity index (χ1v) is 12.3. The number of anilines is 3. The molecule has 29 heavy (non-hydrogen) atoms. The molecular weight excluding hydrogens is 413 g/mol. The van der Waals surface area contributed by atoms with Crippen LogP contribution in [0.15, 0.2) is 28.0 Å². The highest BCUT2D eigenvalue weighted by atomic mass is 32.2. The maximum absolute atomic E-state index is 14.5. The summed E-state index contributed by atoms with van der Waals surface area (Å²) in [6.07, 6.45) is 3.05. The Kier molecular flexibility index (Phi) is 5.37. The van der Waals surface area contributed by atoms with E-state index in [1.165, 1.54) is 17.8 Å². The number of rotatable bonds is 5. The molecule has 9 heteroatoms. The van der Waals surface area contributed by atoms with E-state index < -0.39 is 21.1 Å². The molecule has 0 amide bonds. The average molecular weight is 438 g/mol. The van der Waals surface area contributed by atoms with Gasteiger partial charge >= 0.3 is 0 Å². The SMILES string of the molecule is Cc1ccc(Nc2c(NS(=O)(=O)C3CCCC3)c3n(c(=O)c2C)CCS3)c(F)c1. The van der Waals surface area contributed by atoms with Gasteiger partial charge in [0, 0.05) is 17.9 Å². The number of aromatic nitrogens is 1. The minimum Gasteiger partial charge on any atom is -0.351 e. The van der Waals surface area contributed by atoms with Crippen LogP contribution in [0.1, 0.15) is 36.8 Å². The molecule has 0 saturated heterocycles. The largest absolute Gasteiger partial charge is 0.351 e. The minimum absolute atomic E-state index is 0.191. The number of hydrogen-bond acceptors (Lipinski definition) is 5. The fourth-order valence-corrected chi connectivity index (χ4v) is 6.71. The minimum atomic E-state index is -3.61. The summed E-state index contributed by atoms with van der Waals surface area (Å²) in [6.45, 7) is 3.95. The maximum atomic E-state index is 14.5. The van der Waals surface area contributed by atoms with E-state index in [1.54, 1.807) is 30.5 Å². The molecule has 1 aliphatic carbocycles. The Bertz CT molecular complexity index is 1120. The van der Waals surface area contributed by atoms with Gasteiger partial charge in [-0.2, -0.15) is 0 Å². The number of nitrogens with zero attached hydrogens (tertiary/aromatic N) is 1. The molecule has 0 unspecified atom stereocenters. The number of fused-ring (bicyclic) bond motifs is 1. The van der Waals surface area contributed by atoms with Crippen LogP contribution in [0.5, 0.6) is 0 Å². The van der Waals surface area contributed by atoms with Gasteiger partial charge in [-0.15, -0.1) is 11.8 Å². The van der Waals surface area contributed by atoms with Crippen molar-refractivity contribution >= 4 is 38.8 Å². The Labute approximate surface area is 174 Å². The summed E-state index contributed by atoms with van der Waals surface area (Å²) in [5.41, 5.74) is 1.81.